The molecule has 0 amide bonds. The molecule has 0 aliphatic carbocycles. The molecule has 0 aromatic heterocycles. The van der Waals surface area contributed by atoms with Crippen molar-refractivity contribution in [2.75, 3.05) is 6.61 Å². The molecule has 2 nitrogen and oxygen atoms in total. The molecule has 1 aliphatic heterocycles. The third-order valence-corrected chi connectivity index (χ3v) is 2.80. The Balaban J connectivity index is 1.94. The monoisotopic (exact) mass is 205 g/mol. The minimum atomic E-state index is 0.323. The molecule has 0 spiro atoms. The molecule has 1 unspecified atom stereocenters. The summed E-state index contributed by atoms with van der Waals surface area (Å²) in [5, 5.41) is 3.51. The van der Waals surface area contributed by atoms with Crippen LogP contribution in [0, 0.1) is 0 Å². The summed E-state index contributed by atoms with van der Waals surface area (Å²) in [5.74, 6) is 0. The summed E-state index contributed by atoms with van der Waals surface area (Å²) in [6, 6.07) is 9.11. The predicted molar refractivity (Wildman–Crippen MR) is 61.9 cm³/mol. The summed E-state index contributed by atoms with van der Waals surface area (Å²) in [4.78, 5) is 0. The lowest BCUT2D eigenvalue weighted by Crippen LogP contribution is -2.39. The molecule has 1 aromatic rings. The van der Waals surface area contributed by atoms with Crippen molar-refractivity contribution in [3.8, 4) is 0 Å². The average Bonchev–Trinajstić information content (AvgIpc) is 2.26. The molecule has 0 bridgehead atoms. The first-order valence-corrected chi connectivity index (χ1v) is 5.67. The van der Waals surface area contributed by atoms with Crippen LogP contribution < -0.4 is 5.32 Å². The Morgan fingerprint density at radius 2 is 2.07 bits per heavy atom. The van der Waals surface area contributed by atoms with E-state index < -0.39 is 0 Å². The summed E-state index contributed by atoms with van der Waals surface area (Å²) >= 11 is 0. The second-order valence-corrected chi connectivity index (χ2v) is 4.43. The first-order chi connectivity index (χ1) is 7.25. The molecule has 2 heteroatoms. The highest BCUT2D eigenvalue weighted by Crippen LogP contribution is 2.16. The zero-order valence-electron chi connectivity index (χ0n) is 9.49. The molecular weight excluding hydrogens is 186 g/mol. The zero-order chi connectivity index (χ0) is 10.7. The molecule has 15 heavy (non-hydrogen) atoms. The van der Waals surface area contributed by atoms with Crippen LogP contribution in [0.4, 0.5) is 0 Å². The summed E-state index contributed by atoms with van der Waals surface area (Å²) in [7, 11) is 0. The Bertz CT molecular complexity index is 322. The zero-order valence-corrected chi connectivity index (χ0v) is 9.49. The maximum Gasteiger partial charge on any atom is 0.0626 e. The second-order valence-electron chi connectivity index (χ2n) is 4.43. The highest BCUT2D eigenvalue weighted by atomic mass is 16.5. The van der Waals surface area contributed by atoms with Gasteiger partial charge in [0.2, 0.25) is 0 Å². The van der Waals surface area contributed by atoms with Gasteiger partial charge in [-0.2, -0.15) is 0 Å². The van der Waals surface area contributed by atoms with Gasteiger partial charge in [0.15, 0.2) is 0 Å². The Labute approximate surface area is 91.6 Å². The minimum Gasteiger partial charge on any atom is -0.377 e. The van der Waals surface area contributed by atoms with Gasteiger partial charge in [0, 0.05) is 12.6 Å². The van der Waals surface area contributed by atoms with Crippen LogP contribution in [0.5, 0.6) is 0 Å². The van der Waals surface area contributed by atoms with Crippen LogP contribution in [0.15, 0.2) is 24.3 Å². The minimum absolute atomic E-state index is 0.323. The van der Waals surface area contributed by atoms with Gasteiger partial charge < -0.3 is 10.1 Å². The van der Waals surface area contributed by atoms with Crippen LogP contribution >= 0.6 is 0 Å². The van der Waals surface area contributed by atoms with E-state index in [0.29, 0.717) is 12.1 Å². The molecular formula is C13H19NO. The Kier molecular flexibility index (Phi) is 3.39. The van der Waals surface area contributed by atoms with Crippen molar-refractivity contribution < 1.29 is 4.74 Å². The predicted octanol–water partition coefficient (Wildman–Crippen LogP) is 2.13. The molecule has 1 aliphatic rings. The first-order valence-electron chi connectivity index (χ1n) is 5.67. The summed E-state index contributed by atoms with van der Waals surface area (Å²) in [6.45, 7) is 5.95. The molecule has 1 aromatic carbocycles. The molecule has 1 heterocycles. The number of fused-ring (bicyclic) bond motifs is 1. The topological polar surface area (TPSA) is 21.3 Å². The van der Waals surface area contributed by atoms with Gasteiger partial charge in [-0.25, -0.2) is 0 Å². The van der Waals surface area contributed by atoms with E-state index in [2.05, 4.69) is 43.4 Å². The van der Waals surface area contributed by atoms with Gasteiger partial charge in [0.1, 0.15) is 0 Å². The van der Waals surface area contributed by atoms with Crippen molar-refractivity contribution in [2.45, 2.75) is 39.0 Å². The number of hydrogen-bond acceptors (Lipinski definition) is 2. The van der Waals surface area contributed by atoms with E-state index in [1.807, 2.05) is 0 Å². The number of benzene rings is 1. The van der Waals surface area contributed by atoms with Gasteiger partial charge >= 0.3 is 0 Å². The van der Waals surface area contributed by atoms with Gasteiger partial charge in [-0.1, -0.05) is 24.3 Å². The SMILES string of the molecule is CC(C)OCC1Cc2ccccc2CN1. The first kappa shape index (κ1) is 10.7. The smallest absolute Gasteiger partial charge is 0.0626 e. The number of ether oxygens (including phenoxy) is 1. The van der Waals surface area contributed by atoms with E-state index >= 15 is 0 Å². The summed E-state index contributed by atoms with van der Waals surface area (Å²) in [6.07, 6.45) is 1.41. The van der Waals surface area contributed by atoms with Crippen LogP contribution in [-0.2, 0) is 17.7 Å². The third kappa shape index (κ3) is 2.80. The van der Waals surface area contributed by atoms with Crippen molar-refractivity contribution in [2.24, 2.45) is 0 Å². The molecule has 0 radical (unpaired) electrons. The molecule has 0 saturated carbocycles. The maximum atomic E-state index is 5.63. The van der Waals surface area contributed by atoms with Gasteiger partial charge in [0.25, 0.3) is 0 Å². The molecule has 2 rings (SSSR count). The fourth-order valence-corrected chi connectivity index (χ4v) is 1.95. The van der Waals surface area contributed by atoms with Crippen molar-refractivity contribution >= 4 is 0 Å². The van der Waals surface area contributed by atoms with Crippen LogP contribution in [0.3, 0.4) is 0 Å². The standard InChI is InChI=1S/C13H19NO/c1-10(2)15-9-13-7-11-5-3-4-6-12(11)8-14-13/h3-6,10,13-14H,7-9H2,1-2H3. The largest absolute Gasteiger partial charge is 0.377 e. The quantitative estimate of drug-likeness (QED) is 0.816. The Morgan fingerprint density at radius 1 is 1.33 bits per heavy atom. The van der Waals surface area contributed by atoms with Crippen molar-refractivity contribution in [3.63, 3.8) is 0 Å². The van der Waals surface area contributed by atoms with E-state index in [9.17, 15) is 0 Å². The lowest BCUT2D eigenvalue weighted by Gasteiger charge is -2.26. The van der Waals surface area contributed by atoms with E-state index in [1.165, 1.54) is 11.1 Å². The molecule has 1 N–H and O–H groups in total. The Hall–Kier alpha value is -0.860. The average molecular weight is 205 g/mol. The third-order valence-electron chi connectivity index (χ3n) is 2.80. The van der Waals surface area contributed by atoms with E-state index in [4.69, 9.17) is 4.74 Å². The van der Waals surface area contributed by atoms with Crippen LogP contribution in [0.25, 0.3) is 0 Å². The van der Waals surface area contributed by atoms with Gasteiger partial charge in [0.05, 0.1) is 12.7 Å². The van der Waals surface area contributed by atoms with Crippen molar-refractivity contribution in [1.29, 1.82) is 0 Å². The van der Waals surface area contributed by atoms with Crippen LogP contribution in [-0.4, -0.2) is 18.8 Å². The van der Waals surface area contributed by atoms with Crippen LogP contribution in [0.2, 0.25) is 0 Å². The Morgan fingerprint density at radius 3 is 2.80 bits per heavy atom. The highest BCUT2D eigenvalue weighted by Gasteiger charge is 2.17. The maximum absolute atomic E-state index is 5.63. The summed E-state index contributed by atoms with van der Waals surface area (Å²) in [5.41, 5.74) is 2.90. The summed E-state index contributed by atoms with van der Waals surface area (Å²) < 4.78 is 5.63. The van der Waals surface area contributed by atoms with E-state index in [-0.39, 0.29) is 0 Å². The van der Waals surface area contributed by atoms with Gasteiger partial charge in [-0.3, -0.25) is 0 Å². The molecule has 82 valence electrons. The number of rotatable bonds is 3. The van der Waals surface area contributed by atoms with Gasteiger partial charge in [-0.15, -0.1) is 0 Å². The molecule has 0 saturated heterocycles. The van der Waals surface area contributed by atoms with E-state index in [0.717, 1.165) is 19.6 Å². The van der Waals surface area contributed by atoms with Crippen molar-refractivity contribution in [1.82, 2.24) is 5.32 Å². The second kappa shape index (κ2) is 4.77. The van der Waals surface area contributed by atoms with Gasteiger partial charge in [-0.05, 0) is 31.4 Å². The molecule has 1 atom stereocenters. The normalized spacial score (nSPS) is 20.3. The number of nitrogens with one attached hydrogen (secondary N) is 1. The highest BCUT2D eigenvalue weighted by molar-refractivity contribution is 5.29. The number of hydrogen-bond donors (Lipinski definition) is 1. The van der Waals surface area contributed by atoms with E-state index in [1.54, 1.807) is 0 Å². The lowest BCUT2D eigenvalue weighted by molar-refractivity contribution is 0.0596. The van der Waals surface area contributed by atoms with Crippen LogP contribution in [0.1, 0.15) is 25.0 Å². The lowest BCUT2D eigenvalue weighted by atomic mass is 9.96. The molecule has 0 fully saturated rings. The fraction of sp³-hybridized carbons (Fsp3) is 0.538. The fourth-order valence-electron chi connectivity index (χ4n) is 1.95. The van der Waals surface area contributed by atoms with Crippen molar-refractivity contribution in [3.05, 3.63) is 35.4 Å².